The van der Waals surface area contributed by atoms with E-state index in [0.29, 0.717) is 19.8 Å². The maximum atomic E-state index is 12.6. The number of carboxylic acids is 1. The van der Waals surface area contributed by atoms with E-state index >= 15 is 0 Å². The van der Waals surface area contributed by atoms with Gasteiger partial charge in [0.2, 0.25) is 5.91 Å². The third-order valence-electron chi connectivity index (χ3n) is 8.61. The molecule has 0 aromatic heterocycles. The topological polar surface area (TPSA) is 96.9 Å². The number of hydrogen-bond donors (Lipinski definition) is 3. The second-order valence-corrected chi connectivity index (χ2v) is 12.9. The van der Waals surface area contributed by atoms with Gasteiger partial charge in [-0.1, -0.05) is 155 Å². The molecule has 44 heavy (non-hydrogen) atoms. The van der Waals surface area contributed by atoms with E-state index in [2.05, 4.69) is 24.5 Å². The van der Waals surface area contributed by atoms with Crippen LogP contribution in [0.1, 0.15) is 181 Å². The number of aliphatic carboxylic acids is 1. The summed E-state index contributed by atoms with van der Waals surface area (Å²) in [6, 6.07) is -0.523. The number of carboxylic acid groups (broad SMARTS) is 1. The Hall–Kier alpha value is -1.18. The Balaban J connectivity index is 4.11. The average Bonchev–Trinajstić information content (AvgIpc) is 3.01. The van der Waals surface area contributed by atoms with Crippen LogP contribution in [0.25, 0.3) is 0 Å². The molecule has 0 radical (unpaired) electrons. The second kappa shape index (κ2) is 34.7. The van der Waals surface area contributed by atoms with Gasteiger partial charge in [0.15, 0.2) is 0 Å². The Kier molecular flexibility index (Phi) is 33.8. The van der Waals surface area contributed by atoms with Gasteiger partial charge in [-0.15, -0.1) is 0 Å². The van der Waals surface area contributed by atoms with Crippen molar-refractivity contribution in [3.05, 3.63) is 0 Å². The zero-order valence-electron chi connectivity index (χ0n) is 29.4. The number of nitrogens with one attached hydrogen (secondary N) is 2. The summed E-state index contributed by atoms with van der Waals surface area (Å²) < 4.78 is 12.1. The number of carbonyl (C=O) groups is 2. The van der Waals surface area contributed by atoms with Crippen molar-refractivity contribution in [3.8, 4) is 0 Å². The highest BCUT2D eigenvalue weighted by molar-refractivity contribution is 5.82. The zero-order valence-corrected chi connectivity index (χ0v) is 29.4. The summed E-state index contributed by atoms with van der Waals surface area (Å²) in [6.45, 7) is 6.78. The van der Waals surface area contributed by atoms with Crippen LogP contribution >= 0.6 is 0 Å². The lowest BCUT2D eigenvalue weighted by molar-refractivity contribution is -0.137. The van der Waals surface area contributed by atoms with Crippen LogP contribution < -0.4 is 10.6 Å². The first kappa shape index (κ1) is 42.8. The number of likely N-dealkylation sites (N-methyl/N-ethyl adjacent to an activating group) is 1. The minimum atomic E-state index is -0.896. The van der Waals surface area contributed by atoms with Gasteiger partial charge in [0.25, 0.3) is 0 Å². The fourth-order valence-corrected chi connectivity index (χ4v) is 5.63. The van der Waals surface area contributed by atoms with Gasteiger partial charge < -0.3 is 25.2 Å². The van der Waals surface area contributed by atoms with E-state index in [-0.39, 0.29) is 24.9 Å². The summed E-state index contributed by atoms with van der Waals surface area (Å²) >= 11 is 0. The molecule has 0 aliphatic rings. The quantitative estimate of drug-likeness (QED) is 0.0600. The van der Waals surface area contributed by atoms with Crippen molar-refractivity contribution in [3.63, 3.8) is 0 Å². The van der Waals surface area contributed by atoms with E-state index < -0.39 is 12.0 Å². The summed E-state index contributed by atoms with van der Waals surface area (Å²) in [7, 11) is 1.69. The standard InChI is InChI=1S/C37H74N2O5/c1-4-6-8-10-12-14-16-17-18-19-20-22-24-26-30-43-33-34(32-39-37(42)35(38-3)28-29-36(40)41)44-31-27-25-23-21-15-13-11-9-7-5-2/h34-35,38H,4-33H2,1-3H3,(H,39,42)(H,40,41). The molecule has 0 aliphatic heterocycles. The van der Waals surface area contributed by atoms with Crippen molar-refractivity contribution < 1.29 is 24.2 Å². The minimum Gasteiger partial charge on any atom is -0.481 e. The van der Waals surface area contributed by atoms with Gasteiger partial charge in [-0.3, -0.25) is 9.59 Å². The molecule has 2 atom stereocenters. The van der Waals surface area contributed by atoms with Crippen LogP contribution in [0.2, 0.25) is 0 Å². The summed E-state index contributed by atoms with van der Waals surface area (Å²) in [5, 5.41) is 14.8. The third kappa shape index (κ3) is 30.8. The maximum absolute atomic E-state index is 12.6. The highest BCUT2D eigenvalue weighted by Crippen LogP contribution is 2.14. The Bertz CT molecular complexity index is 619. The van der Waals surface area contributed by atoms with Crippen LogP contribution in [0.5, 0.6) is 0 Å². The molecule has 0 spiro atoms. The predicted octanol–water partition coefficient (Wildman–Crippen LogP) is 9.36. The highest BCUT2D eigenvalue weighted by atomic mass is 16.5. The van der Waals surface area contributed by atoms with Crippen molar-refractivity contribution >= 4 is 11.9 Å². The normalized spacial score (nSPS) is 12.8. The molecule has 0 saturated heterocycles. The van der Waals surface area contributed by atoms with Crippen molar-refractivity contribution in [1.29, 1.82) is 0 Å². The van der Waals surface area contributed by atoms with E-state index in [0.717, 1.165) is 19.4 Å². The molecular formula is C37H74N2O5. The zero-order chi connectivity index (χ0) is 32.4. The van der Waals surface area contributed by atoms with Crippen LogP contribution in [-0.2, 0) is 19.1 Å². The van der Waals surface area contributed by atoms with Gasteiger partial charge in [-0.05, 0) is 26.3 Å². The highest BCUT2D eigenvalue weighted by Gasteiger charge is 2.19. The lowest BCUT2D eigenvalue weighted by Gasteiger charge is -2.21. The molecule has 0 aromatic carbocycles. The number of rotatable bonds is 36. The van der Waals surface area contributed by atoms with Crippen LogP contribution in [0.4, 0.5) is 0 Å². The van der Waals surface area contributed by atoms with Crippen LogP contribution in [-0.4, -0.2) is 62.5 Å². The van der Waals surface area contributed by atoms with Crippen molar-refractivity contribution in [2.24, 2.45) is 0 Å². The van der Waals surface area contributed by atoms with E-state index in [1.54, 1.807) is 7.05 Å². The molecule has 0 rings (SSSR count). The summed E-state index contributed by atoms with van der Waals surface area (Å²) in [5.74, 6) is -1.08. The molecule has 7 heteroatoms. The predicted molar refractivity (Wildman–Crippen MR) is 185 cm³/mol. The van der Waals surface area contributed by atoms with E-state index in [1.807, 2.05) is 0 Å². The molecule has 0 fully saturated rings. The Morgan fingerprint density at radius 1 is 0.614 bits per heavy atom. The molecule has 262 valence electrons. The molecule has 1 amide bonds. The molecule has 2 unspecified atom stereocenters. The molecule has 0 aliphatic carbocycles. The summed E-state index contributed by atoms with van der Waals surface area (Å²) in [5.41, 5.74) is 0. The van der Waals surface area contributed by atoms with Gasteiger partial charge >= 0.3 is 5.97 Å². The number of unbranched alkanes of at least 4 members (excludes halogenated alkanes) is 22. The Labute approximate surface area is 272 Å². The molecule has 7 nitrogen and oxygen atoms in total. The largest absolute Gasteiger partial charge is 0.481 e. The average molecular weight is 627 g/mol. The fourth-order valence-electron chi connectivity index (χ4n) is 5.63. The first-order valence-electron chi connectivity index (χ1n) is 18.9. The van der Waals surface area contributed by atoms with Gasteiger partial charge in [-0.25, -0.2) is 0 Å². The number of hydrogen-bond acceptors (Lipinski definition) is 5. The number of carbonyl (C=O) groups excluding carboxylic acids is 1. The summed E-state index contributed by atoms with van der Waals surface area (Å²) in [6.07, 6.45) is 31.6. The smallest absolute Gasteiger partial charge is 0.303 e. The Morgan fingerprint density at radius 3 is 1.43 bits per heavy atom. The molecule has 0 bridgehead atoms. The van der Waals surface area contributed by atoms with Gasteiger partial charge in [0.1, 0.15) is 0 Å². The Morgan fingerprint density at radius 2 is 1.02 bits per heavy atom. The summed E-state index contributed by atoms with van der Waals surface area (Å²) in [4.78, 5) is 23.5. The SMILES string of the molecule is CCCCCCCCCCCCCCCCOCC(CNC(=O)C(CCC(=O)O)NC)OCCCCCCCCCCCC. The van der Waals surface area contributed by atoms with Crippen molar-refractivity contribution in [1.82, 2.24) is 10.6 Å². The van der Waals surface area contributed by atoms with Crippen LogP contribution in [0.15, 0.2) is 0 Å². The molecule has 0 heterocycles. The minimum absolute atomic E-state index is 0.0418. The van der Waals surface area contributed by atoms with Crippen LogP contribution in [0, 0.1) is 0 Å². The van der Waals surface area contributed by atoms with Gasteiger partial charge in [-0.2, -0.15) is 0 Å². The van der Waals surface area contributed by atoms with Crippen molar-refractivity contribution in [2.75, 3.05) is 33.4 Å². The molecule has 0 saturated carbocycles. The van der Waals surface area contributed by atoms with E-state index in [1.165, 1.54) is 141 Å². The molecule has 3 N–H and O–H groups in total. The van der Waals surface area contributed by atoms with E-state index in [4.69, 9.17) is 14.6 Å². The number of amides is 1. The molecular weight excluding hydrogens is 552 g/mol. The maximum Gasteiger partial charge on any atom is 0.303 e. The van der Waals surface area contributed by atoms with Crippen molar-refractivity contribution in [2.45, 2.75) is 193 Å². The molecule has 0 aromatic rings. The van der Waals surface area contributed by atoms with E-state index in [9.17, 15) is 9.59 Å². The van der Waals surface area contributed by atoms with Gasteiger partial charge in [0.05, 0.1) is 18.8 Å². The monoisotopic (exact) mass is 627 g/mol. The second-order valence-electron chi connectivity index (χ2n) is 12.9. The first-order valence-corrected chi connectivity index (χ1v) is 18.9. The third-order valence-corrected chi connectivity index (χ3v) is 8.61. The lowest BCUT2D eigenvalue weighted by Crippen LogP contribution is -2.46. The number of ether oxygens (including phenoxy) is 2. The van der Waals surface area contributed by atoms with Gasteiger partial charge in [0, 0.05) is 26.2 Å². The first-order chi connectivity index (χ1) is 21.5. The van der Waals surface area contributed by atoms with Crippen LogP contribution in [0.3, 0.4) is 0 Å². The lowest BCUT2D eigenvalue weighted by atomic mass is 10.0. The fraction of sp³-hybridized carbons (Fsp3) is 0.946.